The second-order valence-electron chi connectivity index (χ2n) is 6.60. The van der Waals surface area contributed by atoms with Gasteiger partial charge in [-0.3, -0.25) is 9.59 Å². The van der Waals surface area contributed by atoms with Gasteiger partial charge in [0, 0.05) is 19.3 Å². The van der Waals surface area contributed by atoms with Gasteiger partial charge in [-0.25, -0.2) is 4.98 Å². The Morgan fingerprint density at radius 1 is 1.32 bits per heavy atom. The monoisotopic (exact) mass is 341 g/mol. The Morgan fingerprint density at radius 3 is 2.64 bits per heavy atom. The third-order valence-electron chi connectivity index (χ3n) is 4.82. The van der Waals surface area contributed by atoms with Gasteiger partial charge in [-0.2, -0.15) is 0 Å². The maximum absolute atomic E-state index is 12.5. The van der Waals surface area contributed by atoms with Gasteiger partial charge in [0.1, 0.15) is 11.4 Å². The number of H-pyrrole nitrogens is 1. The molecule has 1 amide bonds. The molecule has 2 heterocycles. The summed E-state index contributed by atoms with van der Waals surface area (Å²) < 4.78 is 0. The lowest BCUT2D eigenvalue weighted by atomic mass is 9.88. The molecular formula is C19H23N3O3. The molecule has 132 valence electrons. The summed E-state index contributed by atoms with van der Waals surface area (Å²) in [4.78, 5) is 32.7. The first-order valence-electron chi connectivity index (χ1n) is 8.62. The quantitative estimate of drug-likeness (QED) is 0.883. The number of aromatic amines is 1. The van der Waals surface area contributed by atoms with Gasteiger partial charge in [0.25, 0.3) is 11.5 Å². The Bertz CT molecular complexity index is 780. The minimum Gasteiger partial charge on any atom is -0.392 e. The summed E-state index contributed by atoms with van der Waals surface area (Å²) in [5.41, 5.74) is 0.795. The molecule has 2 N–H and O–H groups in total. The molecular weight excluding hydrogens is 318 g/mol. The van der Waals surface area contributed by atoms with Crippen molar-refractivity contribution in [1.82, 2.24) is 14.9 Å². The number of benzene rings is 1. The summed E-state index contributed by atoms with van der Waals surface area (Å²) in [6, 6.07) is 9.92. The molecule has 1 aromatic heterocycles. The van der Waals surface area contributed by atoms with E-state index in [4.69, 9.17) is 0 Å². The minimum atomic E-state index is -0.413. The van der Waals surface area contributed by atoms with Crippen molar-refractivity contribution in [1.29, 1.82) is 0 Å². The normalized spacial score (nSPS) is 16.6. The van der Waals surface area contributed by atoms with Crippen LogP contribution in [0.25, 0.3) is 0 Å². The fraction of sp³-hybridized carbons (Fsp3) is 0.421. The fourth-order valence-electron chi connectivity index (χ4n) is 3.32. The first-order chi connectivity index (χ1) is 12.0. The van der Waals surface area contributed by atoms with Crippen LogP contribution >= 0.6 is 0 Å². The smallest absolute Gasteiger partial charge is 0.263 e. The van der Waals surface area contributed by atoms with Crippen LogP contribution in [0.2, 0.25) is 0 Å². The van der Waals surface area contributed by atoms with Gasteiger partial charge in [-0.05, 0) is 37.7 Å². The summed E-state index contributed by atoms with van der Waals surface area (Å²) in [6.45, 7) is 2.76. The Labute approximate surface area is 146 Å². The van der Waals surface area contributed by atoms with Crippen molar-refractivity contribution in [2.24, 2.45) is 5.92 Å². The van der Waals surface area contributed by atoms with Crippen LogP contribution in [0.3, 0.4) is 0 Å². The minimum absolute atomic E-state index is 0.0777. The third-order valence-corrected chi connectivity index (χ3v) is 4.82. The molecule has 0 radical (unpaired) electrons. The molecule has 6 heteroatoms. The summed E-state index contributed by atoms with van der Waals surface area (Å²) >= 11 is 0. The fourth-order valence-corrected chi connectivity index (χ4v) is 3.32. The number of hydrogen-bond donors (Lipinski definition) is 2. The number of aryl methyl sites for hydroxylation is 1. The van der Waals surface area contributed by atoms with Gasteiger partial charge in [0.2, 0.25) is 0 Å². The van der Waals surface area contributed by atoms with E-state index in [1.807, 2.05) is 30.3 Å². The highest BCUT2D eigenvalue weighted by Crippen LogP contribution is 2.23. The van der Waals surface area contributed by atoms with Crippen molar-refractivity contribution in [2.45, 2.75) is 32.3 Å². The van der Waals surface area contributed by atoms with Crippen LogP contribution in [0.4, 0.5) is 0 Å². The third kappa shape index (κ3) is 4.14. The molecule has 1 aromatic carbocycles. The van der Waals surface area contributed by atoms with Gasteiger partial charge in [-0.1, -0.05) is 30.3 Å². The van der Waals surface area contributed by atoms with Crippen LogP contribution in [0.15, 0.2) is 41.3 Å². The average Bonchev–Trinajstić information content (AvgIpc) is 2.62. The maximum atomic E-state index is 12.5. The zero-order valence-electron chi connectivity index (χ0n) is 14.3. The highest BCUT2D eigenvalue weighted by Gasteiger charge is 2.29. The topological polar surface area (TPSA) is 86.3 Å². The van der Waals surface area contributed by atoms with Gasteiger partial charge < -0.3 is 15.0 Å². The lowest BCUT2D eigenvalue weighted by molar-refractivity contribution is 0.0466. The van der Waals surface area contributed by atoms with Crippen LogP contribution in [-0.2, 0) is 6.42 Å². The molecule has 1 aliphatic rings. The zero-order chi connectivity index (χ0) is 17.8. The molecule has 2 aromatic rings. The molecule has 25 heavy (non-hydrogen) atoms. The molecule has 0 bridgehead atoms. The van der Waals surface area contributed by atoms with Crippen molar-refractivity contribution in [3.8, 4) is 0 Å². The number of rotatable bonds is 4. The van der Waals surface area contributed by atoms with E-state index in [-0.39, 0.29) is 17.4 Å². The van der Waals surface area contributed by atoms with Crippen molar-refractivity contribution in [3.05, 3.63) is 63.8 Å². The molecule has 1 saturated heterocycles. The van der Waals surface area contributed by atoms with E-state index in [9.17, 15) is 14.7 Å². The largest absolute Gasteiger partial charge is 0.392 e. The second kappa shape index (κ2) is 7.61. The highest BCUT2D eigenvalue weighted by atomic mass is 16.3. The molecule has 1 fully saturated rings. The predicted octanol–water partition coefficient (Wildman–Crippen LogP) is 1.53. The molecule has 3 rings (SSSR count). The number of piperidine rings is 1. The standard InChI is InChI=1S/C19H23N3O3/c1-13-20-12-16(18(24)21-13)19(25)22-9-7-15(8-10-22)17(23)11-14-5-3-2-4-6-14/h2-6,12,15,17,23H,7-11H2,1H3,(H,20,21,24). The molecule has 1 aliphatic heterocycles. The Morgan fingerprint density at radius 2 is 2.00 bits per heavy atom. The van der Waals surface area contributed by atoms with Crippen LogP contribution < -0.4 is 5.56 Å². The van der Waals surface area contributed by atoms with Gasteiger partial charge in [0.15, 0.2) is 0 Å². The van der Waals surface area contributed by atoms with Crippen LogP contribution in [0, 0.1) is 12.8 Å². The summed E-state index contributed by atoms with van der Waals surface area (Å²) in [5.74, 6) is 0.368. The number of amides is 1. The van der Waals surface area contributed by atoms with Gasteiger partial charge in [0.05, 0.1) is 6.10 Å². The van der Waals surface area contributed by atoms with Gasteiger partial charge >= 0.3 is 0 Å². The predicted molar refractivity (Wildman–Crippen MR) is 94.4 cm³/mol. The van der Waals surface area contributed by atoms with Crippen molar-refractivity contribution in [2.75, 3.05) is 13.1 Å². The number of nitrogens with one attached hydrogen (secondary N) is 1. The van der Waals surface area contributed by atoms with E-state index in [0.29, 0.717) is 25.3 Å². The van der Waals surface area contributed by atoms with E-state index >= 15 is 0 Å². The van der Waals surface area contributed by atoms with Gasteiger partial charge in [-0.15, -0.1) is 0 Å². The Hall–Kier alpha value is -2.47. The number of carbonyl (C=O) groups excluding carboxylic acids is 1. The summed E-state index contributed by atoms with van der Waals surface area (Å²) in [6.07, 6.45) is 3.02. The van der Waals surface area contributed by atoms with Crippen molar-refractivity contribution < 1.29 is 9.90 Å². The number of hydrogen-bond acceptors (Lipinski definition) is 4. The Kier molecular flexibility index (Phi) is 5.28. The summed E-state index contributed by atoms with van der Waals surface area (Å²) in [7, 11) is 0. The van der Waals surface area contributed by atoms with Crippen molar-refractivity contribution in [3.63, 3.8) is 0 Å². The summed E-state index contributed by atoms with van der Waals surface area (Å²) in [5, 5.41) is 10.5. The average molecular weight is 341 g/mol. The highest BCUT2D eigenvalue weighted by molar-refractivity contribution is 5.93. The Balaban J connectivity index is 1.58. The van der Waals surface area contributed by atoms with Crippen LogP contribution in [0.1, 0.15) is 34.6 Å². The molecule has 6 nitrogen and oxygen atoms in total. The zero-order valence-corrected chi connectivity index (χ0v) is 14.3. The number of likely N-dealkylation sites (tertiary alicyclic amines) is 1. The number of aromatic nitrogens is 2. The SMILES string of the molecule is Cc1ncc(C(=O)N2CCC(C(O)Cc3ccccc3)CC2)c(=O)[nH]1. The number of aliphatic hydroxyl groups is 1. The van der Waals surface area contributed by atoms with E-state index in [1.54, 1.807) is 11.8 Å². The first-order valence-corrected chi connectivity index (χ1v) is 8.62. The lowest BCUT2D eigenvalue weighted by Gasteiger charge is -2.34. The van der Waals surface area contributed by atoms with E-state index in [0.717, 1.165) is 18.4 Å². The number of carbonyl (C=O) groups is 1. The maximum Gasteiger partial charge on any atom is 0.263 e. The lowest BCUT2D eigenvalue weighted by Crippen LogP contribution is -2.43. The molecule has 1 unspecified atom stereocenters. The molecule has 0 aliphatic carbocycles. The molecule has 0 saturated carbocycles. The van der Waals surface area contributed by atoms with Crippen LogP contribution in [0.5, 0.6) is 0 Å². The molecule has 1 atom stereocenters. The van der Waals surface area contributed by atoms with Crippen LogP contribution in [-0.4, -0.2) is 45.1 Å². The van der Waals surface area contributed by atoms with E-state index in [2.05, 4.69) is 9.97 Å². The van der Waals surface area contributed by atoms with E-state index < -0.39 is 11.7 Å². The number of aliphatic hydroxyl groups excluding tert-OH is 1. The number of nitrogens with zero attached hydrogens (tertiary/aromatic N) is 2. The van der Waals surface area contributed by atoms with Crippen molar-refractivity contribution >= 4 is 5.91 Å². The van der Waals surface area contributed by atoms with E-state index in [1.165, 1.54) is 6.20 Å². The molecule has 0 spiro atoms. The second-order valence-corrected chi connectivity index (χ2v) is 6.60. The first kappa shape index (κ1) is 17.4.